The maximum absolute atomic E-state index is 5.60. The Morgan fingerprint density at radius 2 is 1.60 bits per heavy atom. The fourth-order valence-electron chi connectivity index (χ4n) is 2.37. The van der Waals surface area contributed by atoms with Crippen molar-refractivity contribution in [1.29, 1.82) is 0 Å². The summed E-state index contributed by atoms with van der Waals surface area (Å²) in [4.78, 5) is 12.0. The fourth-order valence-corrected chi connectivity index (χ4v) is 2.37. The summed E-state index contributed by atoms with van der Waals surface area (Å²) in [6.07, 6.45) is 0.591. The van der Waals surface area contributed by atoms with Crippen LogP contribution in [0.2, 0.25) is 0 Å². The molecule has 2 aromatic carbocycles. The molecule has 4 N–H and O–H groups in total. The number of hydrogen-bond donors (Lipinski definition) is 2. The van der Waals surface area contributed by atoms with Gasteiger partial charge in [0.05, 0.1) is 0 Å². The summed E-state index contributed by atoms with van der Waals surface area (Å²) in [5, 5.41) is 2.46. The van der Waals surface area contributed by atoms with E-state index in [2.05, 4.69) is 46.1 Å². The van der Waals surface area contributed by atoms with Gasteiger partial charge in [0.15, 0.2) is 0 Å². The zero-order valence-corrected chi connectivity index (χ0v) is 11.2. The Bertz CT molecular complexity index is 762. The van der Waals surface area contributed by atoms with Gasteiger partial charge in [0.2, 0.25) is 11.9 Å². The van der Waals surface area contributed by atoms with E-state index in [1.165, 1.54) is 16.3 Å². The lowest BCUT2D eigenvalue weighted by molar-refractivity contribution is 0.936. The van der Waals surface area contributed by atoms with Crippen LogP contribution in [-0.4, -0.2) is 15.0 Å². The maximum atomic E-state index is 5.60. The molecule has 1 heterocycles. The Balaban J connectivity index is 2.04. The van der Waals surface area contributed by atoms with Crippen LogP contribution in [0.4, 0.5) is 11.9 Å². The van der Waals surface area contributed by atoms with Gasteiger partial charge in [-0.3, -0.25) is 0 Å². The van der Waals surface area contributed by atoms with Gasteiger partial charge in [-0.05, 0) is 28.8 Å². The SMILES string of the molecule is Cc1c(Cc2nc(N)nc(N)n2)ccc2ccccc12. The molecule has 0 saturated carbocycles. The molecule has 20 heavy (non-hydrogen) atoms. The van der Waals surface area contributed by atoms with Crippen LogP contribution in [-0.2, 0) is 6.42 Å². The second kappa shape index (κ2) is 4.77. The zero-order chi connectivity index (χ0) is 14.1. The van der Waals surface area contributed by atoms with Gasteiger partial charge in [-0.25, -0.2) is 0 Å². The number of anilines is 2. The average Bonchev–Trinajstić information content (AvgIpc) is 2.41. The van der Waals surface area contributed by atoms with Crippen molar-refractivity contribution >= 4 is 22.7 Å². The highest BCUT2D eigenvalue weighted by atomic mass is 15.1. The molecule has 0 amide bonds. The number of nitrogens with two attached hydrogens (primary N) is 2. The van der Waals surface area contributed by atoms with Gasteiger partial charge < -0.3 is 11.5 Å². The molecule has 0 aliphatic carbocycles. The summed E-state index contributed by atoms with van der Waals surface area (Å²) in [5.41, 5.74) is 13.6. The Hall–Kier alpha value is -2.69. The number of aromatic nitrogens is 3. The minimum Gasteiger partial charge on any atom is -0.368 e. The van der Waals surface area contributed by atoms with E-state index in [9.17, 15) is 0 Å². The first-order valence-corrected chi connectivity index (χ1v) is 6.36. The van der Waals surface area contributed by atoms with E-state index in [1.54, 1.807) is 0 Å². The first kappa shape index (κ1) is 12.3. The van der Waals surface area contributed by atoms with Crippen LogP contribution in [0.25, 0.3) is 10.8 Å². The molecule has 0 bridgehead atoms. The molecule has 3 aromatic rings. The molecule has 3 rings (SSSR count). The third-order valence-corrected chi connectivity index (χ3v) is 3.38. The van der Waals surface area contributed by atoms with Crippen molar-refractivity contribution in [2.45, 2.75) is 13.3 Å². The summed E-state index contributed by atoms with van der Waals surface area (Å²) < 4.78 is 0. The summed E-state index contributed by atoms with van der Waals surface area (Å²) in [6.45, 7) is 2.10. The van der Waals surface area contributed by atoms with Gasteiger partial charge in [-0.2, -0.15) is 15.0 Å². The third kappa shape index (κ3) is 2.25. The van der Waals surface area contributed by atoms with Crippen molar-refractivity contribution in [3.8, 4) is 0 Å². The van der Waals surface area contributed by atoms with E-state index < -0.39 is 0 Å². The molecule has 0 fully saturated rings. The topological polar surface area (TPSA) is 90.7 Å². The first-order valence-electron chi connectivity index (χ1n) is 6.36. The molecule has 100 valence electrons. The highest BCUT2D eigenvalue weighted by molar-refractivity contribution is 5.86. The van der Waals surface area contributed by atoms with E-state index in [0.29, 0.717) is 12.2 Å². The average molecular weight is 265 g/mol. The number of aryl methyl sites for hydroxylation is 1. The number of nitrogens with zero attached hydrogens (tertiary/aromatic N) is 3. The largest absolute Gasteiger partial charge is 0.368 e. The summed E-state index contributed by atoms with van der Waals surface area (Å²) in [5.74, 6) is 0.908. The zero-order valence-electron chi connectivity index (χ0n) is 11.2. The van der Waals surface area contributed by atoms with Crippen molar-refractivity contribution in [2.24, 2.45) is 0 Å². The maximum Gasteiger partial charge on any atom is 0.225 e. The van der Waals surface area contributed by atoms with Crippen molar-refractivity contribution in [3.05, 3.63) is 53.3 Å². The van der Waals surface area contributed by atoms with Crippen LogP contribution >= 0.6 is 0 Å². The standard InChI is InChI=1S/C15H15N5/c1-9-11(7-6-10-4-2-3-5-12(9)10)8-13-18-14(16)20-15(17)19-13/h2-7H,8H2,1H3,(H4,16,17,18,19,20). The van der Waals surface area contributed by atoms with Crippen molar-refractivity contribution in [1.82, 2.24) is 15.0 Å². The number of nitrogen functional groups attached to an aromatic ring is 2. The lowest BCUT2D eigenvalue weighted by atomic mass is 9.98. The van der Waals surface area contributed by atoms with E-state index in [0.717, 1.165) is 5.56 Å². The molecule has 0 spiro atoms. The Kier molecular flexibility index (Phi) is 2.95. The highest BCUT2D eigenvalue weighted by Crippen LogP contribution is 2.23. The number of benzene rings is 2. The van der Waals surface area contributed by atoms with E-state index in [1.807, 2.05) is 12.1 Å². The minimum atomic E-state index is 0.158. The molecule has 0 aliphatic heterocycles. The van der Waals surface area contributed by atoms with Gasteiger partial charge in [0.1, 0.15) is 5.82 Å². The normalized spacial score (nSPS) is 10.8. The van der Waals surface area contributed by atoms with E-state index >= 15 is 0 Å². The lowest BCUT2D eigenvalue weighted by Crippen LogP contribution is -2.07. The smallest absolute Gasteiger partial charge is 0.225 e. The minimum absolute atomic E-state index is 0.158. The molecule has 0 atom stereocenters. The summed E-state index contributed by atoms with van der Waals surface area (Å²) >= 11 is 0. The molecule has 1 aromatic heterocycles. The van der Waals surface area contributed by atoms with Crippen LogP contribution < -0.4 is 11.5 Å². The van der Waals surface area contributed by atoms with Gasteiger partial charge >= 0.3 is 0 Å². The molecule has 0 aliphatic rings. The Morgan fingerprint density at radius 1 is 0.900 bits per heavy atom. The van der Waals surface area contributed by atoms with Crippen LogP contribution in [0, 0.1) is 6.92 Å². The molecule has 5 nitrogen and oxygen atoms in total. The molecule has 0 saturated heterocycles. The quantitative estimate of drug-likeness (QED) is 0.740. The van der Waals surface area contributed by atoms with Crippen LogP contribution in [0.1, 0.15) is 17.0 Å². The predicted molar refractivity (Wildman–Crippen MR) is 80.1 cm³/mol. The number of fused-ring (bicyclic) bond motifs is 1. The van der Waals surface area contributed by atoms with Crippen molar-refractivity contribution in [3.63, 3.8) is 0 Å². The van der Waals surface area contributed by atoms with Crippen molar-refractivity contribution < 1.29 is 0 Å². The Morgan fingerprint density at radius 3 is 2.35 bits per heavy atom. The predicted octanol–water partition coefficient (Wildman–Crippen LogP) is 2.09. The molecule has 5 heteroatoms. The highest BCUT2D eigenvalue weighted by Gasteiger charge is 2.07. The van der Waals surface area contributed by atoms with Gasteiger partial charge in [0.25, 0.3) is 0 Å². The van der Waals surface area contributed by atoms with Crippen molar-refractivity contribution in [2.75, 3.05) is 11.5 Å². The third-order valence-electron chi connectivity index (χ3n) is 3.38. The number of rotatable bonds is 2. The van der Waals surface area contributed by atoms with Crippen LogP contribution in [0.15, 0.2) is 36.4 Å². The second-order valence-electron chi connectivity index (χ2n) is 4.72. The lowest BCUT2D eigenvalue weighted by Gasteiger charge is -2.09. The monoisotopic (exact) mass is 265 g/mol. The van der Waals surface area contributed by atoms with Crippen LogP contribution in [0.3, 0.4) is 0 Å². The van der Waals surface area contributed by atoms with Gasteiger partial charge in [-0.15, -0.1) is 0 Å². The van der Waals surface area contributed by atoms with Crippen LogP contribution in [0.5, 0.6) is 0 Å². The van der Waals surface area contributed by atoms with E-state index in [-0.39, 0.29) is 11.9 Å². The summed E-state index contributed by atoms with van der Waals surface area (Å²) in [7, 11) is 0. The fraction of sp³-hybridized carbons (Fsp3) is 0.133. The Labute approximate surface area is 116 Å². The van der Waals surface area contributed by atoms with Gasteiger partial charge in [0, 0.05) is 6.42 Å². The molecule has 0 radical (unpaired) electrons. The summed E-state index contributed by atoms with van der Waals surface area (Å²) in [6, 6.07) is 12.5. The van der Waals surface area contributed by atoms with Gasteiger partial charge in [-0.1, -0.05) is 36.4 Å². The first-order chi connectivity index (χ1) is 9.63. The van der Waals surface area contributed by atoms with E-state index in [4.69, 9.17) is 11.5 Å². The molecular formula is C15H15N5. The molecular weight excluding hydrogens is 250 g/mol. The number of hydrogen-bond acceptors (Lipinski definition) is 5. The second-order valence-corrected chi connectivity index (χ2v) is 4.72. The molecule has 0 unspecified atom stereocenters.